The summed E-state index contributed by atoms with van der Waals surface area (Å²) in [5.74, 6) is 0.248. The second kappa shape index (κ2) is 6.49. The summed E-state index contributed by atoms with van der Waals surface area (Å²) in [7, 11) is 0. The van der Waals surface area contributed by atoms with Crippen LogP contribution in [0.25, 0.3) is 10.1 Å². The molecule has 1 amide bonds. The summed E-state index contributed by atoms with van der Waals surface area (Å²) < 4.78 is 6.89. The van der Waals surface area contributed by atoms with Crippen LogP contribution in [0.15, 0.2) is 42.7 Å². The van der Waals surface area contributed by atoms with Crippen molar-refractivity contribution < 1.29 is 9.53 Å². The third-order valence-corrected chi connectivity index (χ3v) is 5.22. The summed E-state index contributed by atoms with van der Waals surface area (Å²) in [6.45, 7) is 1.11. The Kier molecular flexibility index (Phi) is 4.04. The summed E-state index contributed by atoms with van der Waals surface area (Å²) in [5, 5.41) is 10.1. The van der Waals surface area contributed by atoms with E-state index in [1.54, 1.807) is 4.90 Å². The standard InChI is InChI=1S/C18H14N4O2S/c19-10-14-17(21-7-6-20-14)24-13-5-8-22(11-13)18(23)16-9-12-3-1-2-4-15(12)25-16/h1-4,6-7,9,13H,5,8,11H2/t13-/m0/s1. The zero-order chi connectivity index (χ0) is 17.2. The number of carbonyl (C=O) groups is 1. The van der Waals surface area contributed by atoms with E-state index in [0.717, 1.165) is 15.0 Å². The van der Waals surface area contributed by atoms with E-state index < -0.39 is 0 Å². The van der Waals surface area contributed by atoms with Gasteiger partial charge in [0.1, 0.15) is 12.2 Å². The molecule has 0 unspecified atom stereocenters. The fourth-order valence-corrected chi connectivity index (χ4v) is 3.93. The van der Waals surface area contributed by atoms with Crippen molar-refractivity contribution >= 4 is 27.3 Å². The molecule has 124 valence electrons. The first-order chi connectivity index (χ1) is 12.2. The lowest BCUT2D eigenvalue weighted by atomic mass is 10.2. The highest BCUT2D eigenvalue weighted by Gasteiger charge is 2.30. The number of ether oxygens (including phenoxy) is 1. The summed E-state index contributed by atoms with van der Waals surface area (Å²) >= 11 is 1.51. The smallest absolute Gasteiger partial charge is 0.264 e. The highest BCUT2D eigenvalue weighted by atomic mass is 32.1. The number of carbonyl (C=O) groups excluding carboxylic acids is 1. The molecule has 1 atom stereocenters. The first-order valence-electron chi connectivity index (χ1n) is 7.90. The zero-order valence-corrected chi connectivity index (χ0v) is 14.1. The molecule has 0 radical (unpaired) electrons. The number of hydrogen-bond acceptors (Lipinski definition) is 6. The van der Waals surface area contributed by atoms with Gasteiger partial charge in [0, 0.05) is 30.1 Å². The lowest BCUT2D eigenvalue weighted by molar-refractivity contribution is 0.0776. The molecule has 0 spiro atoms. The highest BCUT2D eigenvalue weighted by molar-refractivity contribution is 7.20. The van der Waals surface area contributed by atoms with Crippen LogP contribution in [-0.2, 0) is 0 Å². The first kappa shape index (κ1) is 15.5. The van der Waals surface area contributed by atoms with Gasteiger partial charge >= 0.3 is 0 Å². The maximum absolute atomic E-state index is 12.7. The molecule has 1 aromatic carbocycles. The monoisotopic (exact) mass is 350 g/mol. The van der Waals surface area contributed by atoms with Gasteiger partial charge in [-0.3, -0.25) is 4.79 Å². The quantitative estimate of drug-likeness (QED) is 0.726. The Morgan fingerprint density at radius 1 is 1.32 bits per heavy atom. The Morgan fingerprint density at radius 3 is 3.00 bits per heavy atom. The van der Waals surface area contributed by atoms with Crippen molar-refractivity contribution in [1.29, 1.82) is 5.26 Å². The number of fused-ring (bicyclic) bond motifs is 1. The number of amides is 1. The van der Waals surface area contributed by atoms with Gasteiger partial charge in [0.25, 0.3) is 11.8 Å². The third kappa shape index (κ3) is 3.04. The Labute approximate surface area is 148 Å². The number of aromatic nitrogens is 2. The lowest BCUT2D eigenvalue weighted by Crippen LogP contribution is -2.30. The molecular weight excluding hydrogens is 336 g/mol. The fraction of sp³-hybridized carbons (Fsp3) is 0.222. The first-order valence-corrected chi connectivity index (χ1v) is 8.72. The number of nitriles is 1. The molecule has 0 bridgehead atoms. The Bertz CT molecular complexity index is 945. The summed E-state index contributed by atoms with van der Waals surface area (Å²) in [6, 6.07) is 11.9. The van der Waals surface area contributed by atoms with Gasteiger partial charge in [-0.2, -0.15) is 5.26 Å². The van der Waals surface area contributed by atoms with Gasteiger partial charge in [0.2, 0.25) is 5.69 Å². The zero-order valence-electron chi connectivity index (χ0n) is 13.3. The average molecular weight is 350 g/mol. The summed E-state index contributed by atoms with van der Waals surface area (Å²) in [4.78, 5) is 23.3. The highest BCUT2D eigenvalue weighted by Crippen LogP contribution is 2.28. The van der Waals surface area contributed by atoms with Crippen LogP contribution in [0.3, 0.4) is 0 Å². The summed E-state index contributed by atoms with van der Waals surface area (Å²) in [6.07, 6.45) is 3.47. The molecular formula is C18H14N4O2S. The van der Waals surface area contributed by atoms with Crippen LogP contribution in [-0.4, -0.2) is 40.0 Å². The molecule has 3 heterocycles. The van der Waals surface area contributed by atoms with Crippen LogP contribution >= 0.6 is 11.3 Å². The molecule has 0 aliphatic carbocycles. The minimum absolute atomic E-state index is 0.0203. The minimum atomic E-state index is -0.179. The number of likely N-dealkylation sites (tertiary alicyclic amines) is 1. The van der Waals surface area contributed by atoms with E-state index in [4.69, 9.17) is 10.00 Å². The van der Waals surface area contributed by atoms with Crippen LogP contribution in [0.1, 0.15) is 21.8 Å². The number of hydrogen-bond donors (Lipinski definition) is 0. The molecule has 1 fully saturated rings. The second-order valence-electron chi connectivity index (χ2n) is 5.75. The van der Waals surface area contributed by atoms with Crippen LogP contribution in [0.5, 0.6) is 5.88 Å². The molecule has 1 aliphatic heterocycles. The molecule has 2 aromatic heterocycles. The third-order valence-electron chi connectivity index (χ3n) is 4.12. The molecule has 3 aromatic rings. The molecule has 0 N–H and O–H groups in total. The van der Waals surface area contributed by atoms with E-state index in [1.165, 1.54) is 23.7 Å². The van der Waals surface area contributed by atoms with Crippen LogP contribution < -0.4 is 4.74 Å². The van der Waals surface area contributed by atoms with Gasteiger partial charge in [-0.15, -0.1) is 11.3 Å². The normalized spacial score (nSPS) is 16.8. The number of rotatable bonds is 3. The van der Waals surface area contributed by atoms with Crippen LogP contribution in [0.2, 0.25) is 0 Å². The topological polar surface area (TPSA) is 79.1 Å². The second-order valence-corrected chi connectivity index (χ2v) is 6.83. The van der Waals surface area contributed by atoms with Crippen molar-refractivity contribution in [2.75, 3.05) is 13.1 Å². The van der Waals surface area contributed by atoms with E-state index in [0.29, 0.717) is 19.5 Å². The van der Waals surface area contributed by atoms with Gasteiger partial charge in [0.15, 0.2) is 0 Å². The van der Waals surface area contributed by atoms with Crippen LogP contribution in [0.4, 0.5) is 0 Å². The molecule has 1 saturated heterocycles. The molecule has 0 saturated carbocycles. The van der Waals surface area contributed by atoms with Crippen molar-refractivity contribution in [3.63, 3.8) is 0 Å². The summed E-state index contributed by atoms with van der Waals surface area (Å²) in [5.41, 5.74) is 0.164. The number of thiophene rings is 1. The lowest BCUT2D eigenvalue weighted by Gasteiger charge is -2.16. The van der Waals surface area contributed by atoms with E-state index >= 15 is 0 Å². The van der Waals surface area contributed by atoms with Crippen molar-refractivity contribution in [2.45, 2.75) is 12.5 Å². The Balaban J connectivity index is 1.46. The van der Waals surface area contributed by atoms with Gasteiger partial charge < -0.3 is 9.64 Å². The molecule has 6 nitrogen and oxygen atoms in total. The van der Waals surface area contributed by atoms with E-state index in [1.807, 2.05) is 36.4 Å². The Hall–Kier alpha value is -2.98. The predicted molar refractivity (Wildman–Crippen MR) is 93.5 cm³/mol. The van der Waals surface area contributed by atoms with Crippen molar-refractivity contribution in [3.05, 3.63) is 53.3 Å². The predicted octanol–water partition coefficient (Wildman–Crippen LogP) is 2.86. The minimum Gasteiger partial charge on any atom is -0.470 e. The largest absolute Gasteiger partial charge is 0.470 e. The van der Waals surface area contributed by atoms with Gasteiger partial charge in [-0.25, -0.2) is 9.97 Å². The van der Waals surface area contributed by atoms with E-state index in [-0.39, 0.29) is 23.6 Å². The van der Waals surface area contributed by atoms with E-state index in [2.05, 4.69) is 9.97 Å². The molecule has 1 aliphatic rings. The van der Waals surface area contributed by atoms with Gasteiger partial charge in [-0.1, -0.05) is 18.2 Å². The SMILES string of the molecule is N#Cc1nccnc1O[C@H]1CCN(C(=O)c2cc3ccccc3s2)C1. The Morgan fingerprint density at radius 2 is 2.16 bits per heavy atom. The van der Waals surface area contributed by atoms with Crippen LogP contribution in [0, 0.1) is 11.3 Å². The molecule has 7 heteroatoms. The van der Waals surface area contributed by atoms with Crippen molar-refractivity contribution in [2.24, 2.45) is 0 Å². The maximum atomic E-state index is 12.7. The number of benzene rings is 1. The average Bonchev–Trinajstić information content (AvgIpc) is 3.28. The van der Waals surface area contributed by atoms with Gasteiger partial charge in [-0.05, 0) is 17.5 Å². The maximum Gasteiger partial charge on any atom is 0.264 e. The van der Waals surface area contributed by atoms with Gasteiger partial charge in [0.05, 0.1) is 11.4 Å². The molecule has 4 rings (SSSR count). The van der Waals surface area contributed by atoms with Crippen molar-refractivity contribution in [1.82, 2.24) is 14.9 Å². The number of nitrogens with zero attached hydrogens (tertiary/aromatic N) is 4. The van der Waals surface area contributed by atoms with E-state index in [9.17, 15) is 4.79 Å². The fourth-order valence-electron chi connectivity index (χ4n) is 2.90. The van der Waals surface area contributed by atoms with Crippen molar-refractivity contribution in [3.8, 4) is 11.9 Å². The molecule has 25 heavy (non-hydrogen) atoms.